The molecule has 136 valence electrons. The van der Waals surface area contributed by atoms with Crippen LogP contribution in [0.25, 0.3) is 6.08 Å². The minimum Gasteiger partial charge on any atom is -0.439 e. The summed E-state index contributed by atoms with van der Waals surface area (Å²) in [4.78, 5) is 4.55. The van der Waals surface area contributed by atoms with Gasteiger partial charge in [0.2, 0.25) is 5.88 Å². The highest BCUT2D eigenvalue weighted by Gasteiger charge is 2.21. The molecule has 3 aromatic rings. The van der Waals surface area contributed by atoms with Crippen molar-refractivity contribution in [1.82, 2.24) is 4.98 Å². The molecule has 1 aromatic heterocycles. The molecule has 0 bridgehead atoms. The number of fused-ring (bicyclic) bond motifs is 1. The number of hydrogen-bond acceptors (Lipinski definition) is 4. The molecule has 0 saturated carbocycles. The number of aromatic nitrogens is 1. The fraction of sp³-hybridized carbons (Fsp3) is 0.0952. The Morgan fingerprint density at radius 1 is 0.889 bits per heavy atom. The number of pyridine rings is 1. The van der Waals surface area contributed by atoms with Crippen molar-refractivity contribution in [2.75, 3.05) is 4.72 Å². The van der Waals surface area contributed by atoms with E-state index in [4.69, 9.17) is 4.74 Å². The van der Waals surface area contributed by atoms with Gasteiger partial charge < -0.3 is 4.74 Å². The van der Waals surface area contributed by atoms with Crippen molar-refractivity contribution in [3.63, 3.8) is 0 Å². The van der Waals surface area contributed by atoms with E-state index in [0.717, 1.165) is 5.56 Å². The zero-order valence-electron chi connectivity index (χ0n) is 14.5. The van der Waals surface area contributed by atoms with Crippen LogP contribution in [-0.4, -0.2) is 13.4 Å². The van der Waals surface area contributed by atoms with E-state index in [1.54, 1.807) is 18.2 Å². The SMILES string of the molecule is O=S(=O)(Nc1ccc(Oc2ccccc2)nc1)C1=Cc2ccccc2CC1. The largest absolute Gasteiger partial charge is 0.439 e. The molecule has 0 spiro atoms. The number of rotatable bonds is 5. The average molecular weight is 378 g/mol. The van der Waals surface area contributed by atoms with Crippen molar-refractivity contribution < 1.29 is 13.2 Å². The summed E-state index contributed by atoms with van der Waals surface area (Å²) in [6.45, 7) is 0. The molecule has 1 heterocycles. The number of nitrogens with zero attached hydrogens (tertiary/aromatic N) is 1. The highest BCUT2D eigenvalue weighted by molar-refractivity contribution is 7.96. The van der Waals surface area contributed by atoms with E-state index >= 15 is 0 Å². The van der Waals surface area contributed by atoms with Crippen molar-refractivity contribution in [3.05, 3.63) is 89.0 Å². The van der Waals surface area contributed by atoms with Crippen LogP contribution >= 0.6 is 0 Å². The molecule has 0 atom stereocenters. The Morgan fingerprint density at radius 2 is 1.67 bits per heavy atom. The quantitative estimate of drug-likeness (QED) is 0.704. The van der Waals surface area contributed by atoms with Gasteiger partial charge >= 0.3 is 0 Å². The summed E-state index contributed by atoms with van der Waals surface area (Å²) in [7, 11) is -3.62. The van der Waals surface area contributed by atoms with Gasteiger partial charge in [0, 0.05) is 6.07 Å². The molecule has 1 aliphatic carbocycles. The van der Waals surface area contributed by atoms with Gasteiger partial charge in [-0.15, -0.1) is 0 Å². The maximum absolute atomic E-state index is 12.7. The Morgan fingerprint density at radius 3 is 2.44 bits per heavy atom. The predicted molar refractivity (Wildman–Crippen MR) is 106 cm³/mol. The van der Waals surface area contributed by atoms with Gasteiger partial charge in [-0.25, -0.2) is 13.4 Å². The van der Waals surface area contributed by atoms with Gasteiger partial charge in [-0.1, -0.05) is 42.5 Å². The first-order chi connectivity index (χ1) is 13.1. The molecule has 4 rings (SSSR count). The maximum Gasteiger partial charge on any atom is 0.258 e. The van der Waals surface area contributed by atoms with Crippen LogP contribution in [0.3, 0.4) is 0 Å². The fourth-order valence-electron chi connectivity index (χ4n) is 2.95. The Hall–Kier alpha value is -3.12. The summed E-state index contributed by atoms with van der Waals surface area (Å²) in [6.07, 6.45) is 4.38. The number of aryl methyl sites for hydroxylation is 1. The first kappa shape index (κ1) is 17.3. The first-order valence-corrected chi connectivity index (χ1v) is 10.1. The number of anilines is 1. The van der Waals surface area contributed by atoms with Crippen LogP contribution in [0.2, 0.25) is 0 Å². The number of allylic oxidation sites excluding steroid dienone is 1. The van der Waals surface area contributed by atoms with Crippen molar-refractivity contribution in [2.24, 2.45) is 0 Å². The zero-order chi connectivity index (χ0) is 18.7. The molecular formula is C21H18N2O3S. The monoisotopic (exact) mass is 378 g/mol. The van der Waals surface area contributed by atoms with Crippen LogP contribution in [0.15, 0.2) is 77.8 Å². The average Bonchev–Trinajstić information content (AvgIpc) is 2.70. The lowest BCUT2D eigenvalue weighted by Crippen LogP contribution is -2.17. The summed E-state index contributed by atoms with van der Waals surface area (Å²) in [5.41, 5.74) is 2.52. The molecule has 0 aliphatic heterocycles. The lowest BCUT2D eigenvalue weighted by atomic mass is 9.98. The molecule has 1 N–H and O–H groups in total. The summed E-state index contributed by atoms with van der Waals surface area (Å²) < 4.78 is 33.6. The minimum absolute atomic E-state index is 0.380. The molecule has 1 aliphatic rings. The minimum atomic E-state index is -3.62. The number of para-hydroxylation sites is 1. The van der Waals surface area contributed by atoms with Crippen molar-refractivity contribution in [3.8, 4) is 11.6 Å². The van der Waals surface area contributed by atoms with Gasteiger partial charge in [-0.3, -0.25) is 4.72 Å². The number of nitrogens with one attached hydrogen (secondary N) is 1. The molecule has 5 nitrogen and oxygen atoms in total. The van der Waals surface area contributed by atoms with Crippen LogP contribution < -0.4 is 9.46 Å². The summed E-state index contributed by atoms with van der Waals surface area (Å²) in [5, 5.41) is 0. The summed E-state index contributed by atoms with van der Waals surface area (Å²) >= 11 is 0. The zero-order valence-corrected chi connectivity index (χ0v) is 15.3. The van der Waals surface area contributed by atoms with Gasteiger partial charge in [-0.2, -0.15) is 0 Å². The van der Waals surface area contributed by atoms with Crippen molar-refractivity contribution in [2.45, 2.75) is 12.8 Å². The van der Waals surface area contributed by atoms with E-state index in [0.29, 0.717) is 35.1 Å². The molecule has 0 unspecified atom stereocenters. The standard InChI is InChI=1S/C21H18N2O3S/c24-27(25,20-12-10-16-6-4-5-7-17(16)14-20)23-18-11-13-21(22-15-18)26-19-8-2-1-3-9-19/h1-9,11,13-15,23H,10,12H2. The smallest absolute Gasteiger partial charge is 0.258 e. The number of benzene rings is 2. The van der Waals surface area contributed by atoms with E-state index in [-0.39, 0.29) is 0 Å². The molecule has 27 heavy (non-hydrogen) atoms. The fourth-order valence-corrected chi connectivity index (χ4v) is 4.16. The van der Waals surface area contributed by atoms with Gasteiger partial charge in [0.1, 0.15) is 5.75 Å². The molecular weight excluding hydrogens is 360 g/mol. The lowest BCUT2D eigenvalue weighted by Gasteiger charge is -2.17. The van der Waals surface area contributed by atoms with E-state index in [1.807, 2.05) is 54.6 Å². The van der Waals surface area contributed by atoms with Gasteiger partial charge in [-0.05, 0) is 48.2 Å². The second-order valence-corrected chi connectivity index (χ2v) is 7.95. The maximum atomic E-state index is 12.7. The van der Waals surface area contributed by atoms with E-state index in [1.165, 1.54) is 11.8 Å². The van der Waals surface area contributed by atoms with Gasteiger partial charge in [0.15, 0.2) is 0 Å². The third kappa shape index (κ3) is 4.01. The Labute approximate surface area is 158 Å². The third-order valence-corrected chi connectivity index (χ3v) is 5.83. The highest BCUT2D eigenvalue weighted by atomic mass is 32.2. The predicted octanol–water partition coefficient (Wildman–Crippen LogP) is 4.60. The Balaban J connectivity index is 1.49. The number of sulfonamides is 1. The van der Waals surface area contributed by atoms with Gasteiger partial charge in [0.05, 0.1) is 16.8 Å². The van der Waals surface area contributed by atoms with Crippen molar-refractivity contribution >= 4 is 21.8 Å². The van der Waals surface area contributed by atoms with Crippen LogP contribution in [0.5, 0.6) is 11.6 Å². The molecule has 0 fully saturated rings. The summed E-state index contributed by atoms with van der Waals surface area (Å²) in [6, 6.07) is 20.4. The van der Waals surface area contributed by atoms with Crippen LogP contribution in [-0.2, 0) is 16.4 Å². The first-order valence-electron chi connectivity index (χ1n) is 8.60. The highest BCUT2D eigenvalue weighted by Crippen LogP contribution is 2.28. The molecule has 0 radical (unpaired) electrons. The number of ether oxygens (including phenoxy) is 1. The third-order valence-electron chi connectivity index (χ3n) is 4.31. The second kappa shape index (κ2) is 7.25. The topological polar surface area (TPSA) is 68.3 Å². The molecule has 0 saturated heterocycles. The molecule has 0 amide bonds. The Bertz CT molecular complexity index is 1080. The lowest BCUT2D eigenvalue weighted by molar-refractivity contribution is 0.463. The van der Waals surface area contributed by atoms with Crippen LogP contribution in [0.1, 0.15) is 17.5 Å². The van der Waals surface area contributed by atoms with E-state index in [9.17, 15) is 8.42 Å². The second-order valence-electron chi connectivity index (χ2n) is 6.22. The number of hydrogen-bond donors (Lipinski definition) is 1. The Kier molecular flexibility index (Phi) is 4.64. The van der Waals surface area contributed by atoms with E-state index < -0.39 is 10.0 Å². The van der Waals surface area contributed by atoms with Crippen LogP contribution in [0, 0.1) is 0 Å². The van der Waals surface area contributed by atoms with E-state index in [2.05, 4.69) is 9.71 Å². The summed E-state index contributed by atoms with van der Waals surface area (Å²) in [5.74, 6) is 1.07. The van der Waals surface area contributed by atoms with Crippen molar-refractivity contribution in [1.29, 1.82) is 0 Å². The molecule has 6 heteroatoms. The van der Waals surface area contributed by atoms with Gasteiger partial charge in [0.25, 0.3) is 10.0 Å². The molecule has 2 aromatic carbocycles. The van der Waals surface area contributed by atoms with Crippen LogP contribution in [0.4, 0.5) is 5.69 Å². The normalized spacial score (nSPS) is 13.4.